The number of nitrogens with zero attached hydrogens (tertiary/aromatic N) is 8. The van der Waals surface area contributed by atoms with Crippen LogP contribution in [-0.4, -0.2) is 80.4 Å². The average molecular weight is 763 g/mol. The van der Waals surface area contributed by atoms with E-state index in [9.17, 15) is 0 Å². The molecule has 2 aliphatic carbocycles. The molecule has 280 valence electrons. The number of hydrogen-bond acceptors (Lipinski definition) is 14. The second-order valence-corrected chi connectivity index (χ2v) is 17.2. The summed E-state index contributed by atoms with van der Waals surface area (Å²) in [5.41, 5.74) is 2.11. The van der Waals surface area contributed by atoms with Crippen molar-refractivity contribution in [1.29, 1.82) is 0 Å². The van der Waals surface area contributed by atoms with E-state index in [1.165, 1.54) is 22.2 Å². The van der Waals surface area contributed by atoms with Crippen molar-refractivity contribution in [2.24, 2.45) is 11.8 Å². The summed E-state index contributed by atoms with van der Waals surface area (Å²) < 4.78 is 14.8. The van der Waals surface area contributed by atoms with Crippen molar-refractivity contribution in [3.05, 3.63) is 73.3 Å². The Morgan fingerprint density at radius 3 is 1.43 bits per heavy atom. The number of ether oxygens (including phenoxy) is 2. The normalized spacial score (nSPS) is 24.8. The number of nitrogens with one attached hydrogen (secondary N) is 2. The van der Waals surface area contributed by atoms with E-state index in [-0.39, 0.29) is 12.2 Å². The molecule has 12 nitrogen and oxygen atoms in total. The molecule has 2 atom stereocenters. The fourth-order valence-corrected chi connectivity index (χ4v) is 9.47. The van der Waals surface area contributed by atoms with Crippen molar-refractivity contribution < 1.29 is 9.47 Å². The smallest absolute Gasteiger partial charge is 0.257 e. The van der Waals surface area contributed by atoms with Crippen LogP contribution < -0.4 is 29.9 Å². The monoisotopic (exact) mass is 762 g/mol. The Labute approximate surface area is 323 Å². The minimum absolute atomic E-state index is 0.187. The molecule has 6 aromatic rings. The highest BCUT2D eigenvalue weighted by Crippen LogP contribution is 2.36. The van der Waals surface area contributed by atoms with Gasteiger partial charge in [-0.25, -0.2) is 29.9 Å². The molecular weight excluding hydrogens is 717 g/mol. The molecule has 2 N–H and O–H groups in total. The number of hydrogen-bond donors (Lipinski definition) is 2. The summed E-state index contributed by atoms with van der Waals surface area (Å²) in [6, 6.07) is 17.3. The van der Waals surface area contributed by atoms with Crippen LogP contribution in [0.2, 0.25) is 0 Å². The zero-order chi connectivity index (χ0) is 36.4. The van der Waals surface area contributed by atoms with Crippen molar-refractivity contribution in [2.75, 3.05) is 46.6 Å². The molecule has 0 radical (unpaired) electrons. The van der Waals surface area contributed by atoms with E-state index >= 15 is 0 Å². The van der Waals surface area contributed by atoms with Crippen LogP contribution in [-0.2, 0) is 0 Å². The van der Waals surface area contributed by atoms with E-state index in [1.807, 2.05) is 12.1 Å². The van der Waals surface area contributed by atoms with E-state index in [2.05, 4.69) is 101 Å². The third kappa shape index (κ3) is 7.85. The lowest BCUT2D eigenvalue weighted by molar-refractivity contribution is 0.102. The van der Waals surface area contributed by atoms with Crippen LogP contribution in [0.3, 0.4) is 0 Å². The van der Waals surface area contributed by atoms with Gasteiger partial charge in [-0.2, -0.15) is 0 Å². The quantitative estimate of drug-likeness (QED) is 0.141. The predicted octanol–water partition coefficient (Wildman–Crippen LogP) is 7.91. The molecule has 14 heteroatoms. The van der Waals surface area contributed by atoms with Crippen LogP contribution in [0.25, 0.3) is 20.4 Å². The topological polar surface area (TPSA) is 126 Å². The third-order valence-corrected chi connectivity index (χ3v) is 12.7. The summed E-state index contributed by atoms with van der Waals surface area (Å²) in [7, 11) is 0. The summed E-state index contributed by atoms with van der Waals surface area (Å²) in [4.78, 5) is 31.9. The fourth-order valence-electron chi connectivity index (χ4n) is 7.58. The van der Waals surface area contributed by atoms with Gasteiger partial charge < -0.3 is 29.9 Å². The van der Waals surface area contributed by atoms with E-state index in [4.69, 9.17) is 9.47 Å². The van der Waals surface area contributed by atoms with Gasteiger partial charge in [0, 0.05) is 88.7 Å². The minimum atomic E-state index is 0.187. The largest absolute Gasteiger partial charge is 0.472 e. The van der Waals surface area contributed by atoms with Gasteiger partial charge in [-0.3, -0.25) is 0 Å². The SMILES string of the molecule is C[C@@H]1CCN(c2nccnc2OC2CC(Nc3nc4ccccc4s3)C2)C1.C[C@H]1CCN(c2nccnc2OC2CC(Nc3nc4ccccc4s3)C2)C1. The molecule has 4 aliphatic rings. The van der Waals surface area contributed by atoms with Crippen molar-refractivity contribution in [1.82, 2.24) is 29.9 Å². The van der Waals surface area contributed by atoms with Crippen LogP contribution in [0.5, 0.6) is 11.8 Å². The van der Waals surface area contributed by atoms with Gasteiger partial charge in [0.25, 0.3) is 11.8 Å². The van der Waals surface area contributed by atoms with E-state index in [0.29, 0.717) is 35.7 Å². The number of fused-ring (bicyclic) bond motifs is 2. The highest BCUT2D eigenvalue weighted by atomic mass is 32.1. The Morgan fingerprint density at radius 1 is 0.593 bits per heavy atom. The van der Waals surface area contributed by atoms with Crippen molar-refractivity contribution in [3.63, 3.8) is 0 Å². The van der Waals surface area contributed by atoms with Crippen LogP contribution in [0.4, 0.5) is 21.9 Å². The number of rotatable bonds is 10. The molecule has 4 fully saturated rings. The molecule has 6 heterocycles. The van der Waals surface area contributed by atoms with Gasteiger partial charge in [-0.1, -0.05) is 60.8 Å². The molecule has 2 aliphatic heterocycles. The summed E-state index contributed by atoms with van der Waals surface area (Å²) in [5, 5.41) is 9.06. The maximum atomic E-state index is 6.18. The van der Waals surface area contributed by atoms with Gasteiger partial charge in [0.2, 0.25) is 0 Å². The zero-order valence-electron chi connectivity index (χ0n) is 30.7. The maximum absolute atomic E-state index is 6.18. The van der Waals surface area contributed by atoms with Crippen molar-refractivity contribution >= 4 is 65.0 Å². The average Bonchev–Trinajstić information content (AvgIpc) is 3.97. The van der Waals surface area contributed by atoms with Crippen LogP contribution in [0.15, 0.2) is 73.3 Å². The molecule has 0 amide bonds. The number of benzene rings is 2. The summed E-state index contributed by atoms with van der Waals surface area (Å²) >= 11 is 3.41. The lowest BCUT2D eigenvalue weighted by Gasteiger charge is -2.35. The number of thiazole rings is 2. The van der Waals surface area contributed by atoms with Gasteiger partial charge >= 0.3 is 0 Å². The van der Waals surface area contributed by atoms with Crippen LogP contribution in [0, 0.1) is 11.8 Å². The fraction of sp³-hybridized carbons (Fsp3) is 0.450. The zero-order valence-corrected chi connectivity index (χ0v) is 32.3. The van der Waals surface area contributed by atoms with E-state index in [1.54, 1.807) is 47.5 Å². The van der Waals surface area contributed by atoms with Gasteiger partial charge in [-0.15, -0.1) is 0 Å². The first-order valence-electron chi connectivity index (χ1n) is 19.2. The predicted molar refractivity (Wildman–Crippen MR) is 217 cm³/mol. The molecule has 0 bridgehead atoms. The van der Waals surface area contributed by atoms with Crippen LogP contribution in [0.1, 0.15) is 52.4 Å². The molecule has 4 aromatic heterocycles. The standard InChI is InChI=1S/2C20H23N5OS/c2*1-13-6-9-25(12-13)18-19(22-8-7-21-18)26-15-10-14(11-15)23-20-24-16-4-2-3-5-17(16)27-20/h2*2-5,7-8,13-15H,6,9-12H2,1H3,(H,23,24)/t2*13-,14?,15?/m10/s1. The highest BCUT2D eigenvalue weighted by Gasteiger charge is 2.35. The molecule has 2 saturated carbocycles. The Morgan fingerprint density at radius 2 is 1.02 bits per heavy atom. The lowest BCUT2D eigenvalue weighted by atomic mass is 9.89. The Hall–Kier alpha value is -4.82. The molecule has 54 heavy (non-hydrogen) atoms. The first-order valence-corrected chi connectivity index (χ1v) is 20.8. The Balaban J connectivity index is 0.000000142. The summed E-state index contributed by atoms with van der Waals surface area (Å²) in [6.07, 6.45) is 13.6. The Bertz CT molecular complexity index is 1970. The van der Waals surface area contributed by atoms with Gasteiger partial charge in [0.1, 0.15) is 12.2 Å². The van der Waals surface area contributed by atoms with E-state index < -0.39 is 0 Å². The molecule has 2 saturated heterocycles. The molecule has 10 rings (SSSR count). The maximum Gasteiger partial charge on any atom is 0.257 e. The van der Waals surface area contributed by atoms with Gasteiger partial charge in [-0.05, 0) is 48.9 Å². The highest BCUT2D eigenvalue weighted by molar-refractivity contribution is 7.22. The molecule has 2 aromatic carbocycles. The van der Waals surface area contributed by atoms with Crippen molar-refractivity contribution in [2.45, 2.75) is 76.7 Å². The molecule has 0 spiro atoms. The second kappa shape index (κ2) is 15.5. The van der Waals surface area contributed by atoms with E-state index in [0.717, 1.165) is 84.8 Å². The minimum Gasteiger partial charge on any atom is -0.472 e. The van der Waals surface area contributed by atoms with Gasteiger partial charge in [0.05, 0.1) is 20.4 Å². The Kier molecular flexibility index (Phi) is 10.0. The molecule has 0 unspecified atom stereocenters. The molecular formula is C40H46N10O2S2. The summed E-state index contributed by atoms with van der Waals surface area (Å²) in [5.74, 6) is 4.54. The number of anilines is 4. The number of aromatic nitrogens is 6. The lowest BCUT2D eigenvalue weighted by Crippen LogP contribution is -2.43. The summed E-state index contributed by atoms with van der Waals surface area (Å²) in [6.45, 7) is 8.68. The number of para-hydroxylation sites is 2. The van der Waals surface area contributed by atoms with Gasteiger partial charge in [0.15, 0.2) is 21.9 Å². The first kappa shape index (κ1) is 34.9. The second-order valence-electron chi connectivity index (χ2n) is 15.1. The van der Waals surface area contributed by atoms with Crippen molar-refractivity contribution in [3.8, 4) is 11.8 Å². The van der Waals surface area contributed by atoms with Crippen LogP contribution >= 0.6 is 22.7 Å². The first-order chi connectivity index (χ1) is 26.5. The third-order valence-electron chi connectivity index (χ3n) is 10.7.